The molecule has 1 aromatic carbocycles. The van der Waals surface area contributed by atoms with Gasteiger partial charge in [-0.15, -0.1) is 12.6 Å². The second kappa shape index (κ2) is 18.0. The van der Waals surface area contributed by atoms with Crippen molar-refractivity contribution in [2.75, 3.05) is 0 Å². The largest absolute Gasteiger partial charge is 0.481 e. The number of aliphatic carboxylic acids is 3. The van der Waals surface area contributed by atoms with Gasteiger partial charge < -0.3 is 41.3 Å². The smallest absolute Gasteiger partial charge is 0.408 e. The predicted octanol–water partition coefficient (Wildman–Crippen LogP) is -0.338. The van der Waals surface area contributed by atoms with E-state index >= 15 is 0 Å². The summed E-state index contributed by atoms with van der Waals surface area (Å²) in [4.78, 5) is 96.4. The predicted molar refractivity (Wildman–Crippen MR) is 150 cm³/mol. The van der Waals surface area contributed by atoms with Gasteiger partial charge in [0.25, 0.3) is 0 Å². The summed E-state index contributed by atoms with van der Waals surface area (Å²) in [5.74, 6) is -8.01. The van der Waals surface area contributed by atoms with Gasteiger partial charge in [-0.2, -0.15) is 0 Å². The summed E-state index contributed by atoms with van der Waals surface area (Å²) >= 11 is 3.56. The monoisotopic (exact) mass is 626 g/mol. The molecule has 0 spiro atoms. The lowest BCUT2D eigenvalue weighted by atomic mass is 10.0. The van der Waals surface area contributed by atoms with E-state index in [9.17, 15) is 43.5 Å². The molecule has 0 radical (unpaired) electrons. The Labute approximate surface area is 251 Å². The molecule has 0 bridgehead atoms. The number of carbonyl (C=O) groups excluding carboxylic acids is 5. The molecule has 0 saturated heterocycles. The fourth-order valence-electron chi connectivity index (χ4n) is 3.52. The molecule has 0 aliphatic heterocycles. The van der Waals surface area contributed by atoms with Gasteiger partial charge in [-0.3, -0.25) is 33.6 Å². The standard InChI is InChI=1S/C26H34N4O12S/c1-13(2)21(24(39)28-17(25(40)43)11-20(35)36)30-22(37)15(8-9-18(31)32)27-23(38)16(10-19(33)34)29-26(41)42-12-14-6-4-3-5-7-14/h3-7,13,15-17,21H,8-12H2,1-2H3,(H,27,38)(H,28,39)(H,29,41)(H,30,37)(H,31,32)(H,33,34)(H,35,36)(H,40,43)/t15-,16-,17-,21-/m0/s1. The van der Waals surface area contributed by atoms with Crippen molar-refractivity contribution < 1.29 is 58.4 Å². The van der Waals surface area contributed by atoms with Gasteiger partial charge in [-0.05, 0) is 17.9 Å². The van der Waals surface area contributed by atoms with E-state index in [0.717, 1.165) is 0 Å². The van der Waals surface area contributed by atoms with Crippen LogP contribution in [0.1, 0.15) is 45.1 Å². The van der Waals surface area contributed by atoms with Gasteiger partial charge in [0.05, 0.1) is 12.8 Å². The van der Waals surface area contributed by atoms with Crippen LogP contribution in [0, 0.1) is 5.92 Å². The second-order valence-electron chi connectivity index (χ2n) is 9.58. The molecular formula is C26H34N4O12S. The number of alkyl carbamates (subject to hydrolysis) is 1. The summed E-state index contributed by atoms with van der Waals surface area (Å²) in [6, 6.07) is 2.22. The van der Waals surface area contributed by atoms with E-state index in [1.54, 1.807) is 30.3 Å². The van der Waals surface area contributed by atoms with E-state index in [0.29, 0.717) is 5.56 Å². The number of carbonyl (C=O) groups is 8. The lowest BCUT2D eigenvalue weighted by molar-refractivity contribution is -0.141. The molecule has 0 fully saturated rings. The number of thiol groups is 1. The average molecular weight is 627 g/mol. The van der Waals surface area contributed by atoms with Crippen molar-refractivity contribution in [2.24, 2.45) is 5.92 Å². The highest BCUT2D eigenvalue weighted by Gasteiger charge is 2.33. The number of amides is 4. The first-order valence-corrected chi connectivity index (χ1v) is 13.3. The number of nitrogens with one attached hydrogen (secondary N) is 4. The summed E-state index contributed by atoms with van der Waals surface area (Å²) in [6.45, 7) is 2.83. The Morgan fingerprint density at radius 2 is 1.26 bits per heavy atom. The first kappa shape index (κ1) is 36.4. The van der Waals surface area contributed by atoms with Gasteiger partial charge >= 0.3 is 24.0 Å². The number of hydrogen-bond acceptors (Lipinski definition) is 9. The molecule has 43 heavy (non-hydrogen) atoms. The number of hydrogen-bond donors (Lipinski definition) is 8. The Bertz CT molecular complexity index is 1190. The van der Waals surface area contributed by atoms with E-state index in [-0.39, 0.29) is 6.61 Å². The molecule has 0 aliphatic rings. The Balaban J connectivity index is 3.06. The van der Waals surface area contributed by atoms with Crippen LogP contribution in [0.5, 0.6) is 0 Å². The molecule has 16 nitrogen and oxygen atoms in total. The molecule has 7 N–H and O–H groups in total. The minimum absolute atomic E-state index is 0.192. The van der Waals surface area contributed by atoms with E-state index < -0.39 is 103 Å². The zero-order chi connectivity index (χ0) is 32.7. The van der Waals surface area contributed by atoms with Crippen molar-refractivity contribution in [3.8, 4) is 0 Å². The topological polar surface area (TPSA) is 255 Å². The van der Waals surface area contributed by atoms with Crippen LogP contribution in [-0.2, 0) is 44.9 Å². The van der Waals surface area contributed by atoms with Crippen molar-refractivity contribution in [3.05, 3.63) is 35.9 Å². The number of benzene rings is 1. The minimum Gasteiger partial charge on any atom is -0.481 e. The molecule has 0 aliphatic carbocycles. The molecule has 4 amide bonds. The molecule has 0 heterocycles. The first-order chi connectivity index (χ1) is 20.1. The fraction of sp³-hybridized carbons (Fsp3) is 0.462. The van der Waals surface area contributed by atoms with Crippen LogP contribution in [-0.4, -0.2) is 86.3 Å². The Kier molecular flexibility index (Phi) is 15.2. The highest BCUT2D eigenvalue weighted by Crippen LogP contribution is 2.08. The zero-order valence-corrected chi connectivity index (χ0v) is 24.2. The Morgan fingerprint density at radius 1 is 0.721 bits per heavy atom. The van der Waals surface area contributed by atoms with E-state index in [4.69, 9.17) is 14.9 Å². The zero-order valence-electron chi connectivity index (χ0n) is 23.3. The number of rotatable bonds is 18. The quantitative estimate of drug-likeness (QED) is 0.0974. The van der Waals surface area contributed by atoms with Crippen LogP contribution in [0.2, 0.25) is 0 Å². The van der Waals surface area contributed by atoms with Crippen LogP contribution in [0.15, 0.2) is 30.3 Å². The van der Waals surface area contributed by atoms with Crippen molar-refractivity contribution in [2.45, 2.75) is 70.3 Å². The summed E-state index contributed by atoms with van der Waals surface area (Å²) in [5, 5.41) is 35.2. The van der Waals surface area contributed by atoms with E-state index in [2.05, 4.69) is 33.9 Å². The molecule has 1 rings (SSSR count). The van der Waals surface area contributed by atoms with Crippen LogP contribution in [0.4, 0.5) is 4.79 Å². The van der Waals surface area contributed by atoms with Crippen molar-refractivity contribution in [3.63, 3.8) is 0 Å². The maximum absolute atomic E-state index is 13.1. The number of carboxylic acid groups (broad SMARTS) is 3. The molecule has 0 aromatic heterocycles. The third-order valence-electron chi connectivity index (χ3n) is 5.72. The van der Waals surface area contributed by atoms with Gasteiger partial charge in [0.1, 0.15) is 30.8 Å². The van der Waals surface area contributed by atoms with Crippen molar-refractivity contribution in [1.29, 1.82) is 0 Å². The molecule has 17 heteroatoms. The van der Waals surface area contributed by atoms with Crippen LogP contribution in [0.3, 0.4) is 0 Å². The van der Waals surface area contributed by atoms with Crippen LogP contribution in [0.25, 0.3) is 0 Å². The maximum Gasteiger partial charge on any atom is 0.408 e. The van der Waals surface area contributed by atoms with E-state index in [1.807, 2.05) is 0 Å². The van der Waals surface area contributed by atoms with Gasteiger partial charge in [-0.1, -0.05) is 44.2 Å². The Morgan fingerprint density at radius 3 is 1.77 bits per heavy atom. The second-order valence-corrected chi connectivity index (χ2v) is 10.0. The Hall–Kier alpha value is -4.67. The summed E-state index contributed by atoms with van der Waals surface area (Å²) < 4.78 is 5.01. The summed E-state index contributed by atoms with van der Waals surface area (Å²) in [6.07, 6.45) is -3.95. The van der Waals surface area contributed by atoms with Crippen LogP contribution < -0.4 is 21.3 Å². The summed E-state index contributed by atoms with van der Waals surface area (Å²) in [7, 11) is 0. The van der Waals surface area contributed by atoms with Crippen LogP contribution >= 0.6 is 12.6 Å². The highest BCUT2D eigenvalue weighted by atomic mass is 32.1. The molecule has 0 unspecified atom stereocenters. The lowest BCUT2D eigenvalue weighted by Crippen LogP contribution is -2.59. The summed E-state index contributed by atoms with van der Waals surface area (Å²) in [5.41, 5.74) is 0.610. The van der Waals surface area contributed by atoms with Gasteiger partial charge in [0.15, 0.2) is 0 Å². The highest BCUT2D eigenvalue weighted by molar-refractivity contribution is 7.96. The first-order valence-electron chi connectivity index (χ1n) is 12.9. The molecule has 0 saturated carbocycles. The lowest BCUT2D eigenvalue weighted by Gasteiger charge is -2.27. The van der Waals surface area contributed by atoms with Gasteiger partial charge in [0.2, 0.25) is 22.8 Å². The molecule has 1 aromatic rings. The van der Waals surface area contributed by atoms with E-state index in [1.165, 1.54) is 13.8 Å². The molecule has 4 atom stereocenters. The normalized spacial score (nSPS) is 13.4. The maximum atomic E-state index is 13.1. The van der Waals surface area contributed by atoms with Gasteiger partial charge in [0, 0.05) is 6.42 Å². The number of carboxylic acids is 3. The molecule has 236 valence electrons. The minimum atomic E-state index is -1.73. The average Bonchev–Trinajstić information content (AvgIpc) is 2.91. The van der Waals surface area contributed by atoms with Gasteiger partial charge in [-0.25, -0.2) is 4.79 Å². The molecular weight excluding hydrogens is 592 g/mol. The third kappa shape index (κ3) is 14.2. The number of ether oxygens (including phenoxy) is 1. The SMILES string of the molecule is CC(C)[C@H](NC(=O)[C@H](CCC(=O)O)NC(=O)[C@H](CC(=O)O)NC(=O)OCc1ccccc1)C(=O)N[C@@H](CC(=O)O)C(=O)S. The fourth-order valence-corrected chi connectivity index (χ4v) is 3.68. The van der Waals surface area contributed by atoms with Crippen molar-refractivity contribution in [1.82, 2.24) is 21.3 Å². The van der Waals surface area contributed by atoms with Crippen molar-refractivity contribution >= 4 is 59.5 Å². The third-order valence-corrected chi connectivity index (χ3v) is 6.03.